The molecule has 0 atom stereocenters. The molecule has 0 aliphatic rings. The highest BCUT2D eigenvalue weighted by atomic mass is 16.5. The molecule has 6 heteroatoms. The third kappa shape index (κ3) is 2.55. The molecule has 0 unspecified atom stereocenters. The van der Waals surface area contributed by atoms with Crippen molar-refractivity contribution in [3.05, 3.63) is 70.0 Å². The number of H-pyrrole nitrogens is 1. The van der Waals surface area contributed by atoms with Crippen molar-refractivity contribution in [2.75, 3.05) is 0 Å². The highest BCUT2D eigenvalue weighted by molar-refractivity contribution is 5.87. The lowest BCUT2D eigenvalue weighted by Crippen LogP contribution is -2.18. The van der Waals surface area contributed by atoms with Gasteiger partial charge in [-0.25, -0.2) is 9.78 Å². The number of hydrogen-bond donors (Lipinski definition) is 1. The van der Waals surface area contributed by atoms with Crippen molar-refractivity contribution in [2.45, 2.75) is 13.5 Å². The molecule has 3 heterocycles. The van der Waals surface area contributed by atoms with Crippen LogP contribution in [0.2, 0.25) is 0 Å². The Hall–Kier alpha value is -2.89. The van der Waals surface area contributed by atoms with Gasteiger partial charge < -0.3 is 9.72 Å². The molecule has 0 fully saturated rings. The fraction of sp³-hybridized carbons (Fsp3) is 0.133. The van der Waals surface area contributed by atoms with E-state index in [1.54, 1.807) is 24.4 Å². The number of aromatic nitrogens is 3. The van der Waals surface area contributed by atoms with Gasteiger partial charge in [-0.3, -0.25) is 9.20 Å². The second kappa shape index (κ2) is 5.24. The molecule has 3 aromatic rings. The zero-order valence-corrected chi connectivity index (χ0v) is 11.4. The summed E-state index contributed by atoms with van der Waals surface area (Å²) in [4.78, 5) is 30.9. The summed E-state index contributed by atoms with van der Waals surface area (Å²) >= 11 is 0. The van der Waals surface area contributed by atoms with Crippen molar-refractivity contribution in [1.29, 1.82) is 0 Å². The van der Waals surface area contributed by atoms with Gasteiger partial charge in [0.2, 0.25) is 0 Å². The number of esters is 1. The van der Waals surface area contributed by atoms with E-state index >= 15 is 0 Å². The lowest BCUT2D eigenvalue weighted by atomic mass is 10.3. The molecule has 1 N–H and O–H groups in total. The number of carbonyl (C=O) groups is 1. The molecule has 0 saturated heterocycles. The molecular formula is C15H13N3O3. The standard InChI is InChI=1S/C15H13N3O3/c1-10-4-2-6-13-17-11(8-14(19)18(10)13)9-21-15(20)12-5-3-7-16-12/h2-8,16H,9H2,1H3. The first-order valence-electron chi connectivity index (χ1n) is 6.44. The van der Waals surface area contributed by atoms with Crippen molar-refractivity contribution >= 4 is 11.6 Å². The summed E-state index contributed by atoms with van der Waals surface area (Å²) < 4.78 is 6.64. The maximum atomic E-state index is 12.1. The van der Waals surface area contributed by atoms with Crippen LogP contribution in [0.4, 0.5) is 0 Å². The maximum absolute atomic E-state index is 12.1. The van der Waals surface area contributed by atoms with Crippen LogP contribution in [0.25, 0.3) is 5.65 Å². The third-order valence-corrected chi connectivity index (χ3v) is 3.10. The van der Waals surface area contributed by atoms with E-state index in [1.165, 1.54) is 10.5 Å². The van der Waals surface area contributed by atoms with Gasteiger partial charge in [-0.1, -0.05) is 6.07 Å². The van der Waals surface area contributed by atoms with Crippen molar-refractivity contribution in [2.24, 2.45) is 0 Å². The van der Waals surface area contributed by atoms with Crippen LogP contribution in [0.5, 0.6) is 0 Å². The number of hydrogen-bond acceptors (Lipinski definition) is 4. The molecule has 0 aliphatic heterocycles. The molecule has 0 spiro atoms. The van der Waals surface area contributed by atoms with Gasteiger partial charge in [-0.15, -0.1) is 0 Å². The largest absolute Gasteiger partial charge is 0.455 e. The molecule has 0 aromatic carbocycles. The predicted molar refractivity (Wildman–Crippen MR) is 76.1 cm³/mol. The van der Waals surface area contributed by atoms with Crippen LogP contribution < -0.4 is 5.56 Å². The lowest BCUT2D eigenvalue weighted by molar-refractivity contribution is 0.0461. The summed E-state index contributed by atoms with van der Waals surface area (Å²) in [6, 6.07) is 10.1. The van der Waals surface area contributed by atoms with E-state index in [9.17, 15) is 9.59 Å². The molecule has 106 valence electrons. The zero-order chi connectivity index (χ0) is 14.8. The van der Waals surface area contributed by atoms with Crippen molar-refractivity contribution in [3.8, 4) is 0 Å². The minimum absolute atomic E-state index is 0.0441. The molecular weight excluding hydrogens is 270 g/mol. The number of nitrogens with zero attached hydrogens (tertiary/aromatic N) is 2. The van der Waals surface area contributed by atoms with E-state index in [1.807, 2.05) is 19.1 Å². The van der Waals surface area contributed by atoms with Crippen LogP contribution in [-0.4, -0.2) is 20.3 Å². The van der Waals surface area contributed by atoms with Crippen LogP contribution in [0, 0.1) is 6.92 Å². The van der Waals surface area contributed by atoms with Crippen molar-refractivity contribution in [3.63, 3.8) is 0 Å². The van der Waals surface area contributed by atoms with Crippen molar-refractivity contribution < 1.29 is 9.53 Å². The Kier molecular flexibility index (Phi) is 3.27. The minimum atomic E-state index is -0.480. The number of aromatic amines is 1. The summed E-state index contributed by atoms with van der Waals surface area (Å²) in [7, 11) is 0. The summed E-state index contributed by atoms with van der Waals surface area (Å²) in [5.74, 6) is -0.480. The third-order valence-electron chi connectivity index (χ3n) is 3.10. The number of aryl methyl sites for hydroxylation is 1. The first-order valence-corrected chi connectivity index (χ1v) is 6.44. The topological polar surface area (TPSA) is 76.5 Å². The molecule has 0 saturated carbocycles. The minimum Gasteiger partial charge on any atom is -0.455 e. The Labute approximate surface area is 120 Å². The van der Waals surface area contributed by atoms with Crippen LogP contribution in [-0.2, 0) is 11.3 Å². The number of carbonyl (C=O) groups excluding carboxylic acids is 1. The van der Waals surface area contributed by atoms with Gasteiger partial charge >= 0.3 is 5.97 Å². The van der Waals surface area contributed by atoms with E-state index in [4.69, 9.17) is 4.74 Å². The molecule has 21 heavy (non-hydrogen) atoms. The fourth-order valence-corrected chi connectivity index (χ4v) is 2.11. The summed E-state index contributed by atoms with van der Waals surface area (Å²) in [6.07, 6.45) is 1.64. The van der Waals surface area contributed by atoms with Crippen LogP contribution >= 0.6 is 0 Å². The van der Waals surface area contributed by atoms with E-state index in [0.29, 0.717) is 17.0 Å². The Morgan fingerprint density at radius 2 is 2.19 bits per heavy atom. The second-order valence-corrected chi connectivity index (χ2v) is 4.61. The molecule has 6 nitrogen and oxygen atoms in total. The van der Waals surface area contributed by atoms with Crippen LogP contribution in [0.3, 0.4) is 0 Å². The fourth-order valence-electron chi connectivity index (χ4n) is 2.11. The molecule has 0 radical (unpaired) electrons. The summed E-state index contributed by atoms with van der Waals surface area (Å²) in [5, 5.41) is 0. The van der Waals surface area contributed by atoms with E-state index in [-0.39, 0.29) is 12.2 Å². The van der Waals surface area contributed by atoms with E-state index in [0.717, 1.165) is 5.69 Å². The van der Waals surface area contributed by atoms with Crippen LogP contribution in [0.1, 0.15) is 21.9 Å². The van der Waals surface area contributed by atoms with Gasteiger partial charge in [-0.05, 0) is 31.2 Å². The number of fused-ring (bicyclic) bond motifs is 1. The highest BCUT2D eigenvalue weighted by Gasteiger charge is 2.09. The summed E-state index contributed by atoms with van der Waals surface area (Å²) in [6.45, 7) is 1.79. The number of rotatable bonds is 3. The number of pyridine rings is 1. The monoisotopic (exact) mass is 283 g/mol. The predicted octanol–water partition coefficient (Wildman–Crippen LogP) is 1.69. The average Bonchev–Trinajstić information content (AvgIpc) is 2.98. The number of nitrogens with one attached hydrogen (secondary N) is 1. The molecule has 0 aliphatic carbocycles. The first-order chi connectivity index (χ1) is 10.1. The Morgan fingerprint density at radius 3 is 2.95 bits per heavy atom. The Bertz CT molecular complexity index is 850. The summed E-state index contributed by atoms with van der Waals surface area (Å²) in [5.41, 5.74) is 1.94. The van der Waals surface area contributed by atoms with Crippen molar-refractivity contribution in [1.82, 2.24) is 14.4 Å². The normalized spacial score (nSPS) is 10.7. The molecule has 0 amide bonds. The van der Waals surface area contributed by atoms with Gasteiger partial charge in [0.1, 0.15) is 17.9 Å². The van der Waals surface area contributed by atoms with Gasteiger partial charge in [0.25, 0.3) is 5.56 Å². The first kappa shape index (κ1) is 13.1. The Balaban J connectivity index is 1.85. The van der Waals surface area contributed by atoms with E-state index < -0.39 is 5.97 Å². The molecule has 3 rings (SSSR count). The molecule has 0 bridgehead atoms. The quantitative estimate of drug-likeness (QED) is 0.742. The van der Waals surface area contributed by atoms with Gasteiger partial charge in [0.15, 0.2) is 0 Å². The Morgan fingerprint density at radius 1 is 1.33 bits per heavy atom. The molecule has 3 aromatic heterocycles. The highest BCUT2D eigenvalue weighted by Crippen LogP contribution is 2.05. The average molecular weight is 283 g/mol. The second-order valence-electron chi connectivity index (χ2n) is 4.61. The zero-order valence-electron chi connectivity index (χ0n) is 11.4. The SMILES string of the molecule is Cc1cccc2nc(COC(=O)c3ccc[nH]3)cc(=O)n12. The van der Waals surface area contributed by atoms with Crippen LogP contribution in [0.15, 0.2) is 47.4 Å². The van der Waals surface area contributed by atoms with E-state index in [2.05, 4.69) is 9.97 Å². The maximum Gasteiger partial charge on any atom is 0.355 e. The van der Waals surface area contributed by atoms with Gasteiger partial charge in [-0.2, -0.15) is 0 Å². The smallest absolute Gasteiger partial charge is 0.355 e. The lowest BCUT2D eigenvalue weighted by Gasteiger charge is -2.07. The van der Waals surface area contributed by atoms with Gasteiger partial charge in [0.05, 0.1) is 5.69 Å². The van der Waals surface area contributed by atoms with Gasteiger partial charge in [0, 0.05) is 18.0 Å². The number of ether oxygens (including phenoxy) is 1.